The molecule has 3 aromatic rings. The number of nitrogens with zero attached hydrogens (tertiary/aromatic N) is 1. The lowest BCUT2D eigenvalue weighted by Crippen LogP contribution is -2.40. The Kier molecular flexibility index (Phi) is 4.80. The van der Waals surface area contributed by atoms with Gasteiger partial charge in [-0.1, -0.05) is 0 Å². The van der Waals surface area contributed by atoms with Crippen LogP contribution in [0.4, 0.5) is 4.39 Å². The molecule has 1 atom stereocenters. The minimum atomic E-state index is -3.17. The number of rotatable bonds is 5. The fourth-order valence-electron chi connectivity index (χ4n) is 3.33. The third-order valence-electron chi connectivity index (χ3n) is 4.76. The smallest absolute Gasteiger partial charge is 0.290 e. The number of carbonyl (C=O) groups excluding carboxylic acids is 1. The molecule has 0 spiro atoms. The lowest BCUT2D eigenvalue weighted by atomic mass is 10.2. The van der Waals surface area contributed by atoms with Crippen molar-refractivity contribution in [2.45, 2.75) is 19.0 Å². The summed E-state index contributed by atoms with van der Waals surface area (Å²) in [5.41, 5.74) is 0.708. The second-order valence-electron chi connectivity index (χ2n) is 6.74. The van der Waals surface area contributed by atoms with E-state index < -0.39 is 15.9 Å². The minimum Gasteiger partial charge on any atom is -0.459 e. The van der Waals surface area contributed by atoms with Crippen LogP contribution in [0.3, 0.4) is 0 Å². The molecule has 28 heavy (non-hydrogen) atoms. The molecule has 0 N–H and O–H groups in total. The number of carbonyl (C=O) groups is 1. The van der Waals surface area contributed by atoms with E-state index in [0.717, 1.165) is 0 Å². The van der Waals surface area contributed by atoms with E-state index in [9.17, 15) is 17.6 Å². The molecular formula is C20H18FNO5S. The highest BCUT2D eigenvalue weighted by atomic mass is 32.2. The molecule has 3 heterocycles. The van der Waals surface area contributed by atoms with E-state index in [4.69, 9.17) is 8.83 Å². The van der Waals surface area contributed by atoms with Crippen LogP contribution in [-0.4, -0.2) is 36.8 Å². The van der Waals surface area contributed by atoms with Crippen LogP contribution in [0.5, 0.6) is 0 Å². The van der Waals surface area contributed by atoms with E-state index in [1.165, 1.54) is 23.3 Å². The molecule has 6 nitrogen and oxygen atoms in total. The van der Waals surface area contributed by atoms with Crippen LogP contribution in [-0.2, 0) is 16.4 Å². The zero-order valence-corrected chi connectivity index (χ0v) is 15.7. The number of halogens is 1. The number of benzene rings is 1. The summed E-state index contributed by atoms with van der Waals surface area (Å²) in [6.45, 7) is 0.112. The Morgan fingerprint density at radius 3 is 2.57 bits per heavy atom. The van der Waals surface area contributed by atoms with Crippen LogP contribution in [0.15, 0.2) is 63.6 Å². The van der Waals surface area contributed by atoms with E-state index in [0.29, 0.717) is 23.5 Å². The van der Waals surface area contributed by atoms with Crippen molar-refractivity contribution in [1.82, 2.24) is 4.90 Å². The van der Waals surface area contributed by atoms with Crippen molar-refractivity contribution < 1.29 is 26.4 Å². The third kappa shape index (κ3) is 3.87. The van der Waals surface area contributed by atoms with Crippen molar-refractivity contribution in [2.75, 3.05) is 11.5 Å². The van der Waals surface area contributed by atoms with Gasteiger partial charge < -0.3 is 13.7 Å². The molecule has 1 aromatic carbocycles. The Hall–Kier alpha value is -2.87. The van der Waals surface area contributed by atoms with Crippen molar-refractivity contribution in [3.8, 4) is 11.3 Å². The van der Waals surface area contributed by atoms with Gasteiger partial charge in [0.05, 0.1) is 24.3 Å². The maximum absolute atomic E-state index is 13.1. The van der Waals surface area contributed by atoms with Gasteiger partial charge in [-0.15, -0.1) is 0 Å². The molecule has 1 fully saturated rings. The van der Waals surface area contributed by atoms with Gasteiger partial charge in [0.25, 0.3) is 5.91 Å². The van der Waals surface area contributed by atoms with Gasteiger partial charge in [-0.25, -0.2) is 12.8 Å². The molecule has 2 aromatic heterocycles. The Labute approximate surface area is 161 Å². The van der Waals surface area contributed by atoms with Gasteiger partial charge >= 0.3 is 0 Å². The van der Waals surface area contributed by atoms with Gasteiger partial charge in [0.2, 0.25) is 0 Å². The fraction of sp³-hybridized carbons (Fsp3) is 0.250. The Balaban J connectivity index is 1.59. The van der Waals surface area contributed by atoms with Crippen molar-refractivity contribution in [1.29, 1.82) is 0 Å². The first-order valence-electron chi connectivity index (χ1n) is 8.81. The maximum Gasteiger partial charge on any atom is 0.290 e. The summed E-state index contributed by atoms with van der Waals surface area (Å²) in [5, 5.41) is 0. The molecule has 0 saturated carbocycles. The van der Waals surface area contributed by atoms with Crippen molar-refractivity contribution in [2.24, 2.45) is 0 Å². The predicted octanol–water partition coefficient (Wildman–Crippen LogP) is 3.51. The van der Waals surface area contributed by atoms with Crippen molar-refractivity contribution in [3.63, 3.8) is 0 Å². The Bertz CT molecular complexity index is 1070. The topological polar surface area (TPSA) is 80.7 Å². The molecule has 0 radical (unpaired) electrons. The number of amides is 1. The first kappa shape index (κ1) is 18.5. The summed E-state index contributed by atoms with van der Waals surface area (Å²) >= 11 is 0. The fourth-order valence-corrected chi connectivity index (χ4v) is 5.06. The van der Waals surface area contributed by atoms with Crippen molar-refractivity contribution >= 4 is 15.7 Å². The zero-order chi connectivity index (χ0) is 19.7. The minimum absolute atomic E-state index is 0.0542. The average molecular weight is 403 g/mol. The second kappa shape index (κ2) is 7.27. The summed E-state index contributed by atoms with van der Waals surface area (Å²) in [7, 11) is -3.17. The highest BCUT2D eigenvalue weighted by Crippen LogP contribution is 2.26. The summed E-state index contributed by atoms with van der Waals surface area (Å²) in [6.07, 6.45) is 1.77. The summed E-state index contributed by atoms with van der Waals surface area (Å²) in [4.78, 5) is 14.4. The molecule has 1 aliphatic rings. The highest BCUT2D eigenvalue weighted by Gasteiger charge is 2.36. The van der Waals surface area contributed by atoms with Crippen molar-refractivity contribution in [3.05, 3.63) is 72.1 Å². The SMILES string of the molecule is O=C(c1ccco1)N(Cc1ccc(-c2ccc(F)cc2)o1)[C@H]1CCS(=O)(=O)C1. The molecule has 0 aliphatic carbocycles. The zero-order valence-electron chi connectivity index (χ0n) is 14.9. The number of furan rings is 2. The summed E-state index contributed by atoms with van der Waals surface area (Å²) < 4.78 is 47.9. The molecule has 8 heteroatoms. The molecule has 1 amide bonds. The predicted molar refractivity (Wildman–Crippen MR) is 99.7 cm³/mol. The standard InChI is InChI=1S/C20H18FNO5S/c21-15-5-3-14(4-6-15)18-8-7-17(27-18)12-22(16-9-11-28(24,25)13-16)20(23)19-2-1-10-26-19/h1-8,10,16H,9,11-13H2/t16-/m0/s1. The van der Waals surface area contributed by atoms with Crippen LogP contribution in [0.1, 0.15) is 22.7 Å². The van der Waals surface area contributed by atoms with Gasteiger partial charge in [-0.05, 0) is 55.0 Å². The monoisotopic (exact) mass is 403 g/mol. The summed E-state index contributed by atoms with van der Waals surface area (Å²) in [6, 6.07) is 12.1. The largest absolute Gasteiger partial charge is 0.459 e. The van der Waals surface area contributed by atoms with Crippen LogP contribution in [0.2, 0.25) is 0 Å². The van der Waals surface area contributed by atoms with E-state index in [2.05, 4.69) is 0 Å². The van der Waals surface area contributed by atoms with Crippen LogP contribution < -0.4 is 0 Å². The van der Waals surface area contributed by atoms with Gasteiger partial charge in [0.15, 0.2) is 15.6 Å². The summed E-state index contributed by atoms with van der Waals surface area (Å²) in [5.74, 6) is 0.446. The van der Waals surface area contributed by atoms with E-state index in [-0.39, 0.29) is 35.5 Å². The molecule has 1 aliphatic heterocycles. The van der Waals surface area contributed by atoms with Crippen LogP contribution in [0, 0.1) is 5.82 Å². The number of hydrogen-bond donors (Lipinski definition) is 0. The first-order chi connectivity index (χ1) is 13.4. The second-order valence-corrected chi connectivity index (χ2v) is 8.97. The third-order valence-corrected chi connectivity index (χ3v) is 6.51. The Morgan fingerprint density at radius 2 is 1.93 bits per heavy atom. The van der Waals surface area contributed by atoms with Gasteiger partial charge in [0.1, 0.15) is 17.3 Å². The lowest BCUT2D eigenvalue weighted by molar-refractivity contribution is 0.0634. The molecular weight excluding hydrogens is 385 g/mol. The number of sulfone groups is 1. The van der Waals surface area contributed by atoms with E-state index in [1.807, 2.05) is 0 Å². The highest BCUT2D eigenvalue weighted by molar-refractivity contribution is 7.91. The van der Waals surface area contributed by atoms with E-state index in [1.54, 1.807) is 36.4 Å². The van der Waals surface area contributed by atoms with Crippen LogP contribution >= 0.6 is 0 Å². The maximum atomic E-state index is 13.1. The normalized spacial score (nSPS) is 18.2. The lowest BCUT2D eigenvalue weighted by Gasteiger charge is -2.26. The average Bonchev–Trinajstić information content (AvgIpc) is 3.41. The van der Waals surface area contributed by atoms with Gasteiger partial charge in [-0.2, -0.15) is 0 Å². The molecule has 4 rings (SSSR count). The molecule has 0 bridgehead atoms. The van der Waals surface area contributed by atoms with E-state index >= 15 is 0 Å². The number of hydrogen-bond acceptors (Lipinski definition) is 5. The van der Waals surface area contributed by atoms with Gasteiger partial charge in [-0.3, -0.25) is 4.79 Å². The first-order valence-corrected chi connectivity index (χ1v) is 10.6. The molecule has 146 valence electrons. The Morgan fingerprint density at radius 1 is 1.14 bits per heavy atom. The molecule has 0 unspecified atom stereocenters. The molecule has 1 saturated heterocycles. The van der Waals surface area contributed by atoms with Gasteiger partial charge in [0, 0.05) is 11.6 Å². The quantitative estimate of drug-likeness (QED) is 0.651. The van der Waals surface area contributed by atoms with Crippen LogP contribution in [0.25, 0.3) is 11.3 Å².